The number of alkyl halides is 3. The van der Waals surface area contributed by atoms with Crippen molar-refractivity contribution in [1.29, 1.82) is 0 Å². The van der Waals surface area contributed by atoms with E-state index in [0.717, 1.165) is 12.0 Å². The van der Waals surface area contributed by atoms with E-state index in [1.54, 1.807) is 19.1 Å². The summed E-state index contributed by atoms with van der Waals surface area (Å²) in [6.45, 7) is 3.71. The highest BCUT2D eigenvalue weighted by atomic mass is 19.4. The summed E-state index contributed by atoms with van der Waals surface area (Å²) in [5.41, 5.74) is -1.93. The lowest BCUT2D eigenvalue weighted by atomic mass is 9.87. The summed E-state index contributed by atoms with van der Waals surface area (Å²) in [5.74, 6) is 0. The zero-order chi connectivity index (χ0) is 13.8. The molecule has 0 fully saturated rings. The van der Waals surface area contributed by atoms with Gasteiger partial charge in [0, 0.05) is 0 Å². The molecule has 0 radical (unpaired) electrons. The lowest BCUT2D eigenvalue weighted by molar-refractivity contribution is -0.269. The molecule has 1 aromatic rings. The summed E-state index contributed by atoms with van der Waals surface area (Å²) in [6.07, 6.45) is -3.06. The second-order valence-corrected chi connectivity index (χ2v) is 4.68. The Balaban J connectivity index is 3.00. The molecule has 1 aromatic carbocycles. The summed E-state index contributed by atoms with van der Waals surface area (Å²) in [6, 6.07) is 5.89. The van der Waals surface area contributed by atoms with E-state index >= 15 is 0 Å². The van der Waals surface area contributed by atoms with Gasteiger partial charge in [-0.25, -0.2) is 0 Å². The molecule has 1 nitrogen and oxygen atoms in total. The van der Waals surface area contributed by atoms with Crippen molar-refractivity contribution in [1.82, 2.24) is 0 Å². The number of rotatable bonds is 5. The molecular formula is C14H19F3O. The number of hydrogen-bond acceptors (Lipinski definition) is 1. The Bertz CT molecular complexity index is 370. The van der Waals surface area contributed by atoms with Gasteiger partial charge < -0.3 is 5.11 Å². The third kappa shape index (κ3) is 3.25. The minimum atomic E-state index is -4.64. The fraction of sp³-hybridized carbons (Fsp3) is 0.571. The lowest BCUT2D eigenvalue weighted by Crippen LogP contribution is -2.42. The van der Waals surface area contributed by atoms with Gasteiger partial charge in [-0.2, -0.15) is 13.2 Å². The van der Waals surface area contributed by atoms with Crippen LogP contribution < -0.4 is 0 Å². The Morgan fingerprint density at radius 1 is 1.06 bits per heavy atom. The molecule has 0 spiro atoms. The molecule has 0 bridgehead atoms. The Labute approximate surface area is 106 Å². The van der Waals surface area contributed by atoms with Crippen molar-refractivity contribution in [2.24, 2.45) is 0 Å². The molecule has 18 heavy (non-hydrogen) atoms. The number of unbranched alkanes of at least 4 members (excludes halogenated alkanes) is 2. The normalized spacial score (nSPS) is 15.4. The van der Waals surface area contributed by atoms with Gasteiger partial charge >= 0.3 is 6.18 Å². The maximum atomic E-state index is 13.1. The molecule has 0 aliphatic carbocycles. The maximum absolute atomic E-state index is 13.1. The fourth-order valence-electron chi connectivity index (χ4n) is 1.91. The van der Waals surface area contributed by atoms with Crippen LogP contribution in [-0.4, -0.2) is 11.3 Å². The van der Waals surface area contributed by atoms with Crippen LogP contribution in [0.25, 0.3) is 0 Å². The topological polar surface area (TPSA) is 20.2 Å². The highest BCUT2D eigenvalue weighted by Gasteiger charge is 2.54. The minimum Gasteiger partial charge on any atom is -0.376 e. The van der Waals surface area contributed by atoms with E-state index < -0.39 is 11.8 Å². The Morgan fingerprint density at radius 2 is 1.61 bits per heavy atom. The van der Waals surface area contributed by atoms with Crippen LogP contribution in [0.4, 0.5) is 13.2 Å². The van der Waals surface area contributed by atoms with Gasteiger partial charge in [-0.05, 0) is 25.3 Å². The summed E-state index contributed by atoms with van der Waals surface area (Å²) in [5, 5.41) is 10.0. The van der Waals surface area contributed by atoms with E-state index in [4.69, 9.17) is 0 Å². The number of benzene rings is 1. The van der Waals surface area contributed by atoms with Gasteiger partial charge in [0.25, 0.3) is 0 Å². The van der Waals surface area contributed by atoms with Gasteiger partial charge in [0.2, 0.25) is 0 Å². The summed E-state index contributed by atoms with van der Waals surface area (Å²) in [4.78, 5) is 0. The Kier molecular flexibility index (Phi) is 4.79. The van der Waals surface area contributed by atoms with Crippen molar-refractivity contribution in [3.8, 4) is 0 Å². The number of aliphatic hydroxyl groups is 1. The quantitative estimate of drug-likeness (QED) is 0.781. The van der Waals surface area contributed by atoms with Crippen LogP contribution in [-0.2, 0) is 5.60 Å². The largest absolute Gasteiger partial charge is 0.421 e. The third-order valence-electron chi connectivity index (χ3n) is 3.14. The molecule has 0 aromatic heterocycles. The number of hydrogen-bond donors (Lipinski definition) is 1. The molecule has 1 rings (SSSR count). The smallest absolute Gasteiger partial charge is 0.376 e. The first kappa shape index (κ1) is 15.0. The third-order valence-corrected chi connectivity index (χ3v) is 3.14. The van der Waals surface area contributed by atoms with Gasteiger partial charge in [0.15, 0.2) is 5.60 Å². The molecule has 0 saturated heterocycles. The van der Waals surface area contributed by atoms with Crippen LogP contribution in [0.1, 0.15) is 43.7 Å². The van der Waals surface area contributed by atoms with Crippen LogP contribution >= 0.6 is 0 Å². The molecular weight excluding hydrogens is 241 g/mol. The van der Waals surface area contributed by atoms with Crippen molar-refractivity contribution in [2.45, 2.75) is 51.3 Å². The SMILES string of the molecule is CCCCCC(O)(c1ccc(C)cc1)C(F)(F)F. The molecule has 0 aliphatic rings. The average molecular weight is 260 g/mol. The zero-order valence-corrected chi connectivity index (χ0v) is 10.7. The highest BCUT2D eigenvalue weighted by molar-refractivity contribution is 5.27. The van der Waals surface area contributed by atoms with Gasteiger partial charge in [0.05, 0.1) is 0 Å². The van der Waals surface area contributed by atoms with Gasteiger partial charge in [-0.1, -0.05) is 49.6 Å². The molecule has 0 heterocycles. The summed E-state index contributed by atoms with van der Waals surface area (Å²) >= 11 is 0. The first-order chi connectivity index (χ1) is 8.31. The molecule has 1 N–H and O–H groups in total. The fourth-order valence-corrected chi connectivity index (χ4v) is 1.91. The average Bonchev–Trinajstić information content (AvgIpc) is 2.28. The highest BCUT2D eigenvalue weighted by Crippen LogP contribution is 2.42. The van der Waals surface area contributed by atoms with Crippen molar-refractivity contribution in [3.05, 3.63) is 35.4 Å². The van der Waals surface area contributed by atoms with Crippen molar-refractivity contribution in [3.63, 3.8) is 0 Å². The summed E-state index contributed by atoms with van der Waals surface area (Å²) < 4.78 is 39.2. The van der Waals surface area contributed by atoms with E-state index in [9.17, 15) is 18.3 Å². The zero-order valence-electron chi connectivity index (χ0n) is 10.7. The summed E-state index contributed by atoms with van der Waals surface area (Å²) in [7, 11) is 0. The molecule has 1 atom stereocenters. The van der Waals surface area contributed by atoms with Crippen molar-refractivity contribution < 1.29 is 18.3 Å². The standard InChI is InChI=1S/C14H19F3O/c1-3-4-5-10-13(18,14(15,16)17)12-8-6-11(2)7-9-12/h6-9,18H,3-5,10H2,1-2H3. The second-order valence-electron chi connectivity index (χ2n) is 4.68. The minimum absolute atomic E-state index is 0.0725. The first-order valence-electron chi connectivity index (χ1n) is 6.17. The Morgan fingerprint density at radius 3 is 2.06 bits per heavy atom. The monoisotopic (exact) mass is 260 g/mol. The molecule has 0 aliphatic heterocycles. The first-order valence-corrected chi connectivity index (χ1v) is 6.17. The lowest BCUT2D eigenvalue weighted by Gasteiger charge is -2.31. The van der Waals surface area contributed by atoms with Crippen LogP contribution in [0.5, 0.6) is 0 Å². The van der Waals surface area contributed by atoms with Crippen LogP contribution in [0.3, 0.4) is 0 Å². The van der Waals surface area contributed by atoms with Crippen LogP contribution in [0.15, 0.2) is 24.3 Å². The van der Waals surface area contributed by atoms with E-state index in [0.29, 0.717) is 12.8 Å². The Hall–Kier alpha value is -1.03. The molecule has 4 heteroatoms. The second kappa shape index (κ2) is 5.74. The molecule has 0 saturated carbocycles. The maximum Gasteiger partial charge on any atom is 0.421 e. The van der Waals surface area contributed by atoms with Crippen molar-refractivity contribution in [2.75, 3.05) is 0 Å². The van der Waals surface area contributed by atoms with E-state index in [-0.39, 0.29) is 12.0 Å². The van der Waals surface area contributed by atoms with E-state index in [2.05, 4.69) is 0 Å². The van der Waals surface area contributed by atoms with Crippen LogP contribution in [0, 0.1) is 6.92 Å². The number of aryl methyl sites for hydroxylation is 1. The van der Waals surface area contributed by atoms with E-state index in [1.807, 2.05) is 6.92 Å². The van der Waals surface area contributed by atoms with Crippen molar-refractivity contribution >= 4 is 0 Å². The predicted octanol–water partition coefficient (Wildman–Crippen LogP) is 4.33. The van der Waals surface area contributed by atoms with Gasteiger partial charge in [-0.3, -0.25) is 0 Å². The van der Waals surface area contributed by atoms with Gasteiger partial charge in [0.1, 0.15) is 0 Å². The molecule has 102 valence electrons. The van der Waals surface area contributed by atoms with Gasteiger partial charge in [-0.15, -0.1) is 0 Å². The van der Waals surface area contributed by atoms with E-state index in [1.165, 1.54) is 12.1 Å². The molecule has 0 amide bonds. The number of halogens is 3. The molecule has 1 unspecified atom stereocenters. The predicted molar refractivity (Wildman–Crippen MR) is 65.3 cm³/mol. The van der Waals surface area contributed by atoms with Crippen LogP contribution in [0.2, 0.25) is 0 Å².